The van der Waals surface area contributed by atoms with Gasteiger partial charge in [0.2, 0.25) is 11.8 Å². The van der Waals surface area contributed by atoms with E-state index in [1.54, 1.807) is 0 Å². The van der Waals surface area contributed by atoms with Crippen LogP contribution in [0.5, 0.6) is 5.88 Å². The highest BCUT2D eigenvalue weighted by atomic mass is 16.5. The molecule has 0 aromatic carbocycles. The topological polar surface area (TPSA) is 47.0 Å². The fourth-order valence-corrected chi connectivity index (χ4v) is 1.57. The first kappa shape index (κ1) is 11.2. The Morgan fingerprint density at radius 2 is 2.25 bits per heavy atom. The maximum absolute atomic E-state index is 5.51. The molecule has 0 spiro atoms. The third kappa shape index (κ3) is 2.84. The van der Waals surface area contributed by atoms with Gasteiger partial charge in [-0.1, -0.05) is 13.8 Å². The number of nitrogens with one attached hydrogen (secondary N) is 1. The SMILES string of the molecule is CCCOc1cc(C)nc(NC2CC2C)n1. The van der Waals surface area contributed by atoms with Crippen LogP contribution in [0.1, 0.15) is 32.4 Å². The normalized spacial score (nSPS) is 22.9. The third-order valence-corrected chi connectivity index (χ3v) is 2.71. The second kappa shape index (κ2) is 4.68. The van der Waals surface area contributed by atoms with Gasteiger partial charge < -0.3 is 10.1 Å². The first-order valence-corrected chi connectivity index (χ1v) is 5.94. The Morgan fingerprint density at radius 1 is 1.50 bits per heavy atom. The summed E-state index contributed by atoms with van der Waals surface area (Å²) in [4.78, 5) is 8.70. The van der Waals surface area contributed by atoms with Gasteiger partial charge in [-0.15, -0.1) is 0 Å². The molecule has 0 amide bonds. The van der Waals surface area contributed by atoms with Crippen LogP contribution >= 0.6 is 0 Å². The molecule has 2 rings (SSSR count). The van der Waals surface area contributed by atoms with E-state index in [1.807, 2.05) is 13.0 Å². The third-order valence-electron chi connectivity index (χ3n) is 2.71. The molecule has 0 saturated heterocycles. The van der Waals surface area contributed by atoms with Crippen LogP contribution in [0.15, 0.2) is 6.07 Å². The van der Waals surface area contributed by atoms with Gasteiger partial charge in [0.15, 0.2) is 0 Å². The van der Waals surface area contributed by atoms with Gasteiger partial charge in [-0.2, -0.15) is 4.98 Å². The number of ether oxygens (including phenoxy) is 1. The molecule has 1 fully saturated rings. The van der Waals surface area contributed by atoms with E-state index in [1.165, 1.54) is 6.42 Å². The molecule has 1 aromatic heterocycles. The van der Waals surface area contributed by atoms with Crippen molar-refractivity contribution < 1.29 is 4.74 Å². The van der Waals surface area contributed by atoms with Crippen molar-refractivity contribution in [2.24, 2.45) is 5.92 Å². The number of aromatic nitrogens is 2. The van der Waals surface area contributed by atoms with Gasteiger partial charge in [0.05, 0.1) is 6.61 Å². The van der Waals surface area contributed by atoms with Gasteiger partial charge in [0.1, 0.15) is 0 Å². The molecule has 1 saturated carbocycles. The second-order valence-electron chi connectivity index (χ2n) is 4.48. The first-order chi connectivity index (χ1) is 7.69. The summed E-state index contributed by atoms with van der Waals surface area (Å²) in [6, 6.07) is 2.41. The molecule has 2 atom stereocenters. The van der Waals surface area contributed by atoms with Crippen molar-refractivity contribution >= 4 is 5.95 Å². The van der Waals surface area contributed by atoms with Gasteiger partial charge in [-0.25, -0.2) is 4.98 Å². The van der Waals surface area contributed by atoms with E-state index < -0.39 is 0 Å². The Morgan fingerprint density at radius 3 is 2.88 bits per heavy atom. The standard InChI is InChI=1S/C12H19N3O/c1-4-5-16-11-7-9(3)13-12(15-11)14-10-6-8(10)2/h7-8,10H,4-6H2,1-3H3,(H,13,14,15). The first-order valence-electron chi connectivity index (χ1n) is 5.94. The van der Waals surface area contributed by atoms with Crippen molar-refractivity contribution in [2.75, 3.05) is 11.9 Å². The number of hydrogen-bond donors (Lipinski definition) is 1. The maximum atomic E-state index is 5.51. The number of hydrogen-bond acceptors (Lipinski definition) is 4. The molecule has 1 heterocycles. The lowest BCUT2D eigenvalue weighted by molar-refractivity contribution is 0.305. The highest BCUT2D eigenvalue weighted by Gasteiger charge is 2.33. The monoisotopic (exact) mass is 221 g/mol. The van der Waals surface area contributed by atoms with Crippen LogP contribution in [0, 0.1) is 12.8 Å². The molecule has 1 aliphatic rings. The molecular formula is C12H19N3O. The maximum Gasteiger partial charge on any atom is 0.226 e. The largest absolute Gasteiger partial charge is 0.478 e. The minimum Gasteiger partial charge on any atom is -0.478 e. The van der Waals surface area contributed by atoms with Crippen molar-refractivity contribution in [3.05, 3.63) is 11.8 Å². The Bertz CT molecular complexity index is 367. The number of aryl methyl sites for hydroxylation is 1. The van der Waals surface area contributed by atoms with E-state index in [4.69, 9.17) is 4.74 Å². The number of anilines is 1. The van der Waals surface area contributed by atoms with Crippen LogP contribution in [0.3, 0.4) is 0 Å². The van der Waals surface area contributed by atoms with Crippen molar-refractivity contribution in [2.45, 2.75) is 39.7 Å². The lowest BCUT2D eigenvalue weighted by Crippen LogP contribution is -2.09. The zero-order valence-corrected chi connectivity index (χ0v) is 10.2. The second-order valence-corrected chi connectivity index (χ2v) is 4.48. The van der Waals surface area contributed by atoms with E-state index in [0.29, 0.717) is 24.5 Å². The van der Waals surface area contributed by atoms with Gasteiger partial charge in [-0.3, -0.25) is 0 Å². The van der Waals surface area contributed by atoms with Crippen molar-refractivity contribution in [3.8, 4) is 5.88 Å². The van der Waals surface area contributed by atoms with Crippen LogP contribution in [-0.4, -0.2) is 22.6 Å². The fraction of sp³-hybridized carbons (Fsp3) is 0.667. The molecule has 1 N–H and O–H groups in total. The van der Waals surface area contributed by atoms with Gasteiger partial charge >= 0.3 is 0 Å². The Balaban J connectivity index is 2.03. The Labute approximate surface area is 96.4 Å². The summed E-state index contributed by atoms with van der Waals surface area (Å²) in [5.74, 6) is 2.11. The van der Waals surface area contributed by atoms with Crippen LogP contribution in [-0.2, 0) is 0 Å². The molecule has 0 radical (unpaired) electrons. The molecule has 0 aliphatic heterocycles. The zero-order chi connectivity index (χ0) is 11.5. The molecule has 4 heteroatoms. The van der Waals surface area contributed by atoms with Gasteiger partial charge in [0.25, 0.3) is 0 Å². The average molecular weight is 221 g/mol. The quantitative estimate of drug-likeness (QED) is 0.829. The van der Waals surface area contributed by atoms with Crippen LogP contribution in [0.2, 0.25) is 0 Å². The van der Waals surface area contributed by atoms with E-state index in [0.717, 1.165) is 18.0 Å². The fourth-order valence-electron chi connectivity index (χ4n) is 1.57. The molecule has 16 heavy (non-hydrogen) atoms. The number of nitrogens with zero attached hydrogens (tertiary/aromatic N) is 2. The average Bonchev–Trinajstić information content (AvgIpc) is 2.90. The van der Waals surface area contributed by atoms with Gasteiger partial charge in [-0.05, 0) is 25.7 Å². The molecule has 1 aromatic rings. The Kier molecular flexibility index (Phi) is 3.27. The Hall–Kier alpha value is -1.32. The lowest BCUT2D eigenvalue weighted by Gasteiger charge is -2.08. The summed E-state index contributed by atoms with van der Waals surface area (Å²) >= 11 is 0. The lowest BCUT2D eigenvalue weighted by atomic mass is 10.4. The highest BCUT2D eigenvalue weighted by molar-refractivity contribution is 5.33. The predicted molar refractivity (Wildman–Crippen MR) is 63.7 cm³/mol. The van der Waals surface area contributed by atoms with Crippen molar-refractivity contribution in [3.63, 3.8) is 0 Å². The van der Waals surface area contributed by atoms with E-state index in [-0.39, 0.29) is 0 Å². The van der Waals surface area contributed by atoms with Crippen LogP contribution in [0.4, 0.5) is 5.95 Å². The summed E-state index contributed by atoms with van der Waals surface area (Å²) in [7, 11) is 0. The molecule has 0 bridgehead atoms. The summed E-state index contributed by atoms with van der Waals surface area (Å²) in [6.45, 7) is 6.97. The van der Waals surface area contributed by atoms with Gasteiger partial charge in [0, 0.05) is 17.8 Å². The van der Waals surface area contributed by atoms with Crippen molar-refractivity contribution in [1.29, 1.82) is 0 Å². The van der Waals surface area contributed by atoms with E-state index in [9.17, 15) is 0 Å². The van der Waals surface area contributed by atoms with Crippen LogP contribution < -0.4 is 10.1 Å². The smallest absolute Gasteiger partial charge is 0.226 e. The minimum absolute atomic E-state index is 0.542. The summed E-state index contributed by atoms with van der Waals surface area (Å²) < 4.78 is 5.51. The molecule has 1 aliphatic carbocycles. The minimum atomic E-state index is 0.542. The summed E-state index contributed by atoms with van der Waals surface area (Å²) in [5.41, 5.74) is 0.942. The number of rotatable bonds is 5. The molecule has 2 unspecified atom stereocenters. The summed E-state index contributed by atoms with van der Waals surface area (Å²) in [6.07, 6.45) is 2.20. The summed E-state index contributed by atoms with van der Waals surface area (Å²) in [5, 5.41) is 3.32. The van der Waals surface area contributed by atoms with E-state index in [2.05, 4.69) is 29.1 Å². The van der Waals surface area contributed by atoms with Crippen LogP contribution in [0.25, 0.3) is 0 Å². The van der Waals surface area contributed by atoms with Crippen molar-refractivity contribution in [1.82, 2.24) is 9.97 Å². The van der Waals surface area contributed by atoms with E-state index >= 15 is 0 Å². The molecule has 4 nitrogen and oxygen atoms in total. The molecular weight excluding hydrogens is 202 g/mol. The zero-order valence-electron chi connectivity index (χ0n) is 10.2. The highest BCUT2D eigenvalue weighted by Crippen LogP contribution is 2.32. The molecule has 88 valence electrons. The predicted octanol–water partition coefficient (Wildman–Crippen LogP) is 2.39.